The van der Waals surface area contributed by atoms with E-state index < -0.39 is 15.8 Å². The smallest absolute Gasteiger partial charge is 0.254 e. The number of carbonyl (C=O) groups is 1. The third-order valence-corrected chi connectivity index (χ3v) is 5.01. The topological polar surface area (TPSA) is 80.5 Å². The summed E-state index contributed by atoms with van der Waals surface area (Å²) in [7, 11) is -4.07. The van der Waals surface area contributed by atoms with E-state index in [1.807, 2.05) is 6.92 Å². The lowest BCUT2D eigenvalue weighted by Gasteiger charge is -2.24. The predicted molar refractivity (Wildman–Crippen MR) is 76.9 cm³/mol. The number of rotatable bonds is 3. The molecule has 1 aromatic rings. The minimum Gasteiger partial charge on any atom is -0.336 e. The molecule has 2 N–H and O–H groups in total. The number of hydrogen-bond acceptors (Lipinski definition) is 3. The summed E-state index contributed by atoms with van der Waals surface area (Å²) in [6, 6.07) is 2.05. The van der Waals surface area contributed by atoms with Crippen molar-refractivity contribution in [2.75, 3.05) is 6.54 Å². The second-order valence-electron chi connectivity index (χ2n) is 5.32. The Morgan fingerprint density at radius 2 is 2.14 bits per heavy atom. The van der Waals surface area contributed by atoms with Gasteiger partial charge in [-0.3, -0.25) is 4.79 Å². The van der Waals surface area contributed by atoms with Crippen LogP contribution in [-0.4, -0.2) is 31.8 Å². The standard InChI is InChI=1S/C14H19FN2O3S/c1-3-11-5-4-6-17(11)14(18)12-7-10(15)8-13(9(12)2)21(16,19)20/h7-8,11H,3-6H2,1-2H3,(H2,16,19,20). The van der Waals surface area contributed by atoms with Crippen molar-refractivity contribution in [3.05, 3.63) is 29.1 Å². The van der Waals surface area contributed by atoms with Crippen LogP contribution in [0.1, 0.15) is 42.1 Å². The van der Waals surface area contributed by atoms with Crippen LogP contribution in [0.3, 0.4) is 0 Å². The van der Waals surface area contributed by atoms with E-state index in [0.29, 0.717) is 6.54 Å². The highest BCUT2D eigenvalue weighted by molar-refractivity contribution is 7.89. The van der Waals surface area contributed by atoms with Gasteiger partial charge in [-0.05, 0) is 43.9 Å². The summed E-state index contributed by atoms with van der Waals surface area (Å²) in [4.78, 5) is 13.9. The fourth-order valence-corrected chi connectivity index (χ4v) is 3.67. The van der Waals surface area contributed by atoms with Gasteiger partial charge < -0.3 is 4.90 Å². The number of carbonyl (C=O) groups excluding carboxylic acids is 1. The maximum Gasteiger partial charge on any atom is 0.254 e. The van der Waals surface area contributed by atoms with Crippen LogP contribution in [-0.2, 0) is 10.0 Å². The first-order valence-electron chi connectivity index (χ1n) is 6.89. The van der Waals surface area contributed by atoms with Gasteiger partial charge in [-0.2, -0.15) is 0 Å². The zero-order valence-electron chi connectivity index (χ0n) is 12.1. The molecule has 1 heterocycles. The lowest BCUT2D eigenvalue weighted by atomic mass is 10.1. The first-order valence-corrected chi connectivity index (χ1v) is 8.44. The number of likely N-dealkylation sites (tertiary alicyclic amines) is 1. The van der Waals surface area contributed by atoms with E-state index in [-0.39, 0.29) is 28.0 Å². The van der Waals surface area contributed by atoms with Crippen LogP contribution in [0.25, 0.3) is 0 Å². The Kier molecular flexibility index (Phi) is 4.34. The molecule has 1 fully saturated rings. The van der Waals surface area contributed by atoms with E-state index in [0.717, 1.165) is 31.4 Å². The number of hydrogen-bond donors (Lipinski definition) is 1. The average molecular weight is 314 g/mol. The molecule has 5 nitrogen and oxygen atoms in total. The van der Waals surface area contributed by atoms with Crippen LogP contribution in [0.5, 0.6) is 0 Å². The van der Waals surface area contributed by atoms with Crippen LogP contribution < -0.4 is 5.14 Å². The molecule has 0 saturated carbocycles. The number of sulfonamides is 1. The van der Waals surface area contributed by atoms with Gasteiger partial charge in [0.05, 0.1) is 4.90 Å². The van der Waals surface area contributed by atoms with Crippen LogP contribution in [0, 0.1) is 12.7 Å². The highest BCUT2D eigenvalue weighted by Gasteiger charge is 2.30. The number of amides is 1. The van der Waals surface area contributed by atoms with Crippen molar-refractivity contribution in [1.29, 1.82) is 0 Å². The molecule has 1 saturated heterocycles. The van der Waals surface area contributed by atoms with Gasteiger partial charge in [0.25, 0.3) is 5.91 Å². The molecule has 7 heteroatoms. The molecule has 0 aliphatic carbocycles. The Labute approximate surface area is 124 Å². The molecule has 1 aliphatic heterocycles. The van der Waals surface area contributed by atoms with Gasteiger partial charge in [-0.15, -0.1) is 0 Å². The van der Waals surface area contributed by atoms with Gasteiger partial charge in [0.15, 0.2) is 0 Å². The summed E-state index contributed by atoms with van der Waals surface area (Å²) in [5.41, 5.74) is 0.269. The van der Waals surface area contributed by atoms with Crippen molar-refractivity contribution < 1.29 is 17.6 Å². The van der Waals surface area contributed by atoms with Crippen molar-refractivity contribution in [2.24, 2.45) is 5.14 Å². The molecule has 1 aliphatic rings. The fraction of sp³-hybridized carbons (Fsp3) is 0.500. The molecule has 1 atom stereocenters. The number of nitrogens with two attached hydrogens (primary N) is 1. The van der Waals surface area contributed by atoms with Crippen LogP contribution >= 0.6 is 0 Å². The second kappa shape index (κ2) is 5.73. The van der Waals surface area contributed by atoms with Crippen molar-refractivity contribution in [1.82, 2.24) is 4.90 Å². The Hall–Kier alpha value is -1.47. The summed E-state index contributed by atoms with van der Waals surface area (Å²) in [5, 5.41) is 5.08. The molecule has 21 heavy (non-hydrogen) atoms. The zero-order valence-corrected chi connectivity index (χ0v) is 12.9. The summed E-state index contributed by atoms with van der Waals surface area (Å²) in [6.45, 7) is 4.08. The van der Waals surface area contributed by atoms with Crippen LogP contribution in [0.4, 0.5) is 4.39 Å². The molecule has 1 aromatic carbocycles. The summed E-state index contributed by atoms with van der Waals surface area (Å²) in [5.74, 6) is -1.11. The maximum atomic E-state index is 13.7. The molecule has 1 amide bonds. The largest absolute Gasteiger partial charge is 0.336 e. The lowest BCUT2D eigenvalue weighted by Crippen LogP contribution is -2.35. The molecule has 2 rings (SSSR count). The van der Waals surface area contributed by atoms with Crippen molar-refractivity contribution in [3.63, 3.8) is 0 Å². The van der Waals surface area contributed by atoms with E-state index in [1.54, 1.807) is 4.90 Å². The van der Waals surface area contributed by atoms with E-state index >= 15 is 0 Å². The number of primary sulfonamides is 1. The number of nitrogens with zero attached hydrogens (tertiary/aromatic N) is 1. The monoisotopic (exact) mass is 314 g/mol. The van der Waals surface area contributed by atoms with Gasteiger partial charge in [0.2, 0.25) is 10.0 Å². The third-order valence-electron chi connectivity index (χ3n) is 3.97. The van der Waals surface area contributed by atoms with Gasteiger partial charge in [-0.25, -0.2) is 17.9 Å². The van der Waals surface area contributed by atoms with E-state index in [9.17, 15) is 17.6 Å². The molecule has 0 radical (unpaired) electrons. The Morgan fingerprint density at radius 3 is 2.71 bits per heavy atom. The molecule has 0 spiro atoms. The maximum absolute atomic E-state index is 13.7. The molecule has 116 valence electrons. The van der Waals surface area contributed by atoms with Gasteiger partial charge in [0.1, 0.15) is 5.82 Å². The highest BCUT2D eigenvalue weighted by atomic mass is 32.2. The average Bonchev–Trinajstić information content (AvgIpc) is 2.87. The normalized spacial score (nSPS) is 19.0. The third kappa shape index (κ3) is 3.08. The SMILES string of the molecule is CCC1CCCN1C(=O)c1cc(F)cc(S(N)(=O)=O)c1C. The Bertz CT molecular complexity index is 673. The minimum absolute atomic E-state index is 0.0689. The molecule has 0 aromatic heterocycles. The molecular formula is C14H19FN2O3S. The Balaban J connectivity index is 2.49. The van der Waals surface area contributed by atoms with E-state index in [4.69, 9.17) is 5.14 Å². The van der Waals surface area contributed by atoms with Crippen LogP contribution in [0.2, 0.25) is 0 Å². The molecular weight excluding hydrogens is 295 g/mol. The number of benzene rings is 1. The summed E-state index contributed by atoms with van der Waals surface area (Å²) in [6.07, 6.45) is 2.64. The lowest BCUT2D eigenvalue weighted by molar-refractivity contribution is 0.0732. The first-order chi connectivity index (χ1) is 9.75. The van der Waals surface area contributed by atoms with Crippen molar-refractivity contribution >= 4 is 15.9 Å². The van der Waals surface area contributed by atoms with Crippen molar-refractivity contribution in [3.8, 4) is 0 Å². The number of halogens is 1. The van der Waals surface area contributed by atoms with Crippen LogP contribution in [0.15, 0.2) is 17.0 Å². The Morgan fingerprint density at radius 1 is 1.48 bits per heavy atom. The summed E-state index contributed by atoms with van der Waals surface area (Å²) >= 11 is 0. The highest BCUT2D eigenvalue weighted by Crippen LogP contribution is 2.26. The van der Waals surface area contributed by atoms with Crippen molar-refractivity contribution in [2.45, 2.75) is 44.0 Å². The zero-order chi connectivity index (χ0) is 15.8. The predicted octanol–water partition coefficient (Wildman–Crippen LogP) is 1.80. The van der Waals surface area contributed by atoms with E-state index in [1.165, 1.54) is 6.92 Å². The summed E-state index contributed by atoms with van der Waals surface area (Å²) < 4.78 is 36.7. The first kappa shape index (κ1) is 15.9. The fourth-order valence-electron chi connectivity index (χ4n) is 2.85. The van der Waals surface area contributed by atoms with Gasteiger partial charge in [0, 0.05) is 18.2 Å². The van der Waals surface area contributed by atoms with Gasteiger partial charge >= 0.3 is 0 Å². The quantitative estimate of drug-likeness (QED) is 0.923. The molecule has 0 bridgehead atoms. The minimum atomic E-state index is -4.07. The van der Waals surface area contributed by atoms with E-state index in [2.05, 4.69) is 0 Å². The second-order valence-corrected chi connectivity index (χ2v) is 6.85. The van der Waals surface area contributed by atoms with Gasteiger partial charge in [-0.1, -0.05) is 6.92 Å². The molecule has 1 unspecified atom stereocenters.